The summed E-state index contributed by atoms with van der Waals surface area (Å²) in [5, 5.41) is 13.7. The standard InChI is InChI=1S/C27H33F2NO4/c1-4-33-24(32)12-10-19-9-11-23(26(29)25(19)28)34-17-22(31)16-30-27(2,3)15-18-13-20-7-5-6-8-21(20)14-18/h5-12,18,22,30-31H,4,13-17H2,1-3H3. The first-order valence-electron chi connectivity index (χ1n) is 11.6. The van der Waals surface area contributed by atoms with E-state index in [9.17, 15) is 18.7 Å². The van der Waals surface area contributed by atoms with Crippen molar-refractivity contribution in [1.29, 1.82) is 0 Å². The van der Waals surface area contributed by atoms with Gasteiger partial charge in [0.1, 0.15) is 12.7 Å². The number of hydrogen-bond acceptors (Lipinski definition) is 5. The lowest BCUT2D eigenvalue weighted by Gasteiger charge is -2.30. The van der Waals surface area contributed by atoms with Gasteiger partial charge in [0, 0.05) is 23.7 Å². The summed E-state index contributed by atoms with van der Waals surface area (Å²) in [4.78, 5) is 11.4. The summed E-state index contributed by atoms with van der Waals surface area (Å²) in [6.45, 7) is 6.11. The first-order chi connectivity index (χ1) is 16.2. The molecular formula is C27H33F2NO4. The van der Waals surface area contributed by atoms with Crippen LogP contribution in [0.25, 0.3) is 6.08 Å². The number of benzene rings is 2. The molecule has 2 N–H and O–H groups in total. The van der Waals surface area contributed by atoms with E-state index in [4.69, 9.17) is 9.47 Å². The highest BCUT2D eigenvalue weighted by atomic mass is 19.2. The molecule has 1 aliphatic carbocycles. The maximum atomic E-state index is 14.4. The molecule has 0 saturated heterocycles. The van der Waals surface area contributed by atoms with Crippen LogP contribution in [-0.4, -0.2) is 42.5 Å². The van der Waals surface area contributed by atoms with Crippen molar-refractivity contribution in [3.63, 3.8) is 0 Å². The fourth-order valence-electron chi connectivity index (χ4n) is 4.36. The van der Waals surface area contributed by atoms with Crippen LogP contribution in [0.2, 0.25) is 0 Å². The van der Waals surface area contributed by atoms with E-state index >= 15 is 0 Å². The Labute approximate surface area is 199 Å². The lowest BCUT2D eigenvalue weighted by molar-refractivity contribution is -0.137. The van der Waals surface area contributed by atoms with Crippen molar-refractivity contribution in [2.75, 3.05) is 19.8 Å². The topological polar surface area (TPSA) is 67.8 Å². The summed E-state index contributed by atoms with van der Waals surface area (Å²) in [6.07, 6.45) is 4.35. The Hall–Kier alpha value is -2.77. The van der Waals surface area contributed by atoms with Gasteiger partial charge in [-0.25, -0.2) is 9.18 Å². The van der Waals surface area contributed by atoms with Crippen molar-refractivity contribution in [1.82, 2.24) is 5.32 Å². The van der Waals surface area contributed by atoms with Crippen LogP contribution < -0.4 is 10.1 Å². The van der Waals surface area contributed by atoms with Gasteiger partial charge in [0.25, 0.3) is 0 Å². The number of aliphatic hydroxyl groups is 1. The van der Waals surface area contributed by atoms with Crippen LogP contribution >= 0.6 is 0 Å². The molecule has 1 unspecified atom stereocenters. The average Bonchev–Trinajstić information content (AvgIpc) is 3.19. The van der Waals surface area contributed by atoms with Crippen LogP contribution in [0.3, 0.4) is 0 Å². The number of carbonyl (C=O) groups excluding carboxylic acids is 1. The zero-order chi connectivity index (χ0) is 24.7. The molecule has 0 amide bonds. The van der Waals surface area contributed by atoms with Crippen LogP contribution in [0.15, 0.2) is 42.5 Å². The van der Waals surface area contributed by atoms with Gasteiger partial charge in [-0.2, -0.15) is 4.39 Å². The third-order valence-corrected chi connectivity index (χ3v) is 5.94. The molecule has 34 heavy (non-hydrogen) atoms. The predicted molar refractivity (Wildman–Crippen MR) is 128 cm³/mol. The summed E-state index contributed by atoms with van der Waals surface area (Å²) < 4.78 is 38.7. The summed E-state index contributed by atoms with van der Waals surface area (Å²) in [7, 11) is 0. The lowest BCUT2D eigenvalue weighted by Crippen LogP contribution is -2.46. The summed E-state index contributed by atoms with van der Waals surface area (Å²) in [5.74, 6) is -2.70. The fourth-order valence-corrected chi connectivity index (χ4v) is 4.36. The molecule has 0 heterocycles. The molecule has 0 aromatic heterocycles. The van der Waals surface area contributed by atoms with E-state index in [0.717, 1.165) is 31.4 Å². The van der Waals surface area contributed by atoms with E-state index in [2.05, 4.69) is 43.4 Å². The number of esters is 1. The van der Waals surface area contributed by atoms with Gasteiger partial charge < -0.3 is 19.9 Å². The Morgan fingerprint density at radius 1 is 1.18 bits per heavy atom. The Morgan fingerprint density at radius 3 is 2.50 bits per heavy atom. The maximum Gasteiger partial charge on any atom is 0.330 e. The second-order valence-electron chi connectivity index (χ2n) is 9.34. The van der Waals surface area contributed by atoms with Crippen LogP contribution in [0.5, 0.6) is 5.75 Å². The third kappa shape index (κ3) is 7.11. The maximum absolute atomic E-state index is 14.4. The van der Waals surface area contributed by atoms with E-state index in [1.165, 1.54) is 23.3 Å². The Morgan fingerprint density at radius 2 is 1.85 bits per heavy atom. The van der Waals surface area contributed by atoms with Gasteiger partial charge in [-0.15, -0.1) is 0 Å². The second-order valence-corrected chi connectivity index (χ2v) is 9.34. The zero-order valence-corrected chi connectivity index (χ0v) is 19.9. The molecule has 0 radical (unpaired) electrons. The first-order valence-corrected chi connectivity index (χ1v) is 11.6. The summed E-state index contributed by atoms with van der Waals surface area (Å²) in [6, 6.07) is 11.1. The fraction of sp³-hybridized carbons (Fsp3) is 0.444. The predicted octanol–water partition coefficient (Wildman–Crippen LogP) is 4.45. The lowest BCUT2D eigenvalue weighted by atomic mass is 9.88. The molecule has 3 rings (SSSR count). The van der Waals surface area contributed by atoms with E-state index in [-0.39, 0.29) is 36.6 Å². The number of carbonyl (C=O) groups is 1. The van der Waals surface area contributed by atoms with E-state index in [1.54, 1.807) is 6.92 Å². The van der Waals surface area contributed by atoms with Gasteiger partial charge in [0.15, 0.2) is 11.6 Å². The number of ether oxygens (including phenoxy) is 2. The van der Waals surface area contributed by atoms with Crippen molar-refractivity contribution in [3.8, 4) is 5.75 Å². The highest BCUT2D eigenvalue weighted by molar-refractivity contribution is 5.87. The minimum atomic E-state index is -1.17. The molecule has 184 valence electrons. The second kappa shape index (κ2) is 11.6. The van der Waals surface area contributed by atoms with Crippen LogP contribution in [-0.2, 0) is 22.4 Å². The highest BCUT2D eigenvalue weighted by Crippen LogP contribution is 2.32. The Balaban J connectivity index is 1.46. The van der Waals surface area contributed by atoms with Crippen molar-refractivity contribution >= 4 is 12.0 Å². The van der Waals surface area contributed by atoms with Gasteiger partial charge in [0.05, 0.1) is 6.61 Å². The minimum Gasteiger partial charge on any atom is -0.488 e. The molecule has 5 nitrogen and oxygen atoms in total. The smallest absolute Gasteiger partial charge is 0.330 e. The molecule has 0 bridgehead atoms. The Bertz CT molecular complexity index is 997. The molecule has 2 aromatic rings. The monoisotopic (exact) mass is 473 g/mol. The van der Waals surface area contributed by atoms with E-state index < -0.39 is 23.7 Å². The number of halogens is 2. The minimum absolute atomic E-state index is 0.101. The number of β-amino-alcohol motifs (C(OH)–C–C–N with tert-alkyl or cyclic N) is 1. The largest absolute Gasteiger partial charge is 0.488 e. The van der Waals surface area contributed by atoms with Crippen molar-refractivity contribution in [3.05, 3.63) is 70.8 Å². The SMILES string of the molecule is CCOC(=O)C=Cc1ccc(OCC(O)CNC(C)(C)CC2Cc3ccccc3C2)c(F)c1F. The van der Waals surface area contributed by atoms with Crippen molar-refractivity contribution in [2.45, 2.75) is 51.7 Å². The van der Waals surface area contributed by atoms with Crippen molar-refractivity contribution in [2.24, 2.45) is 5.92 Å². The molecule has 0 spiro atoms. The normalized spacial score (nSPS) is 14.9. The molecule has 1 atom stereocenters. The Kier molecular flexibility index (Phi) is 8.80. The third-order valence-electron chi connectivity index (χ3n) is 5.94. The van der Waals surface area contributed by atoms with E-state index in [0.29, 0.717) is 5.92 Å². The molecule has 0 saturated carbocycles. The number of hydrogen-bond donors (Lipinski definition) is 2. The first kappa shape index (κ1) is 25.8. The van der Waals surface area contributed by atoms with Crippen LogP contribution in [0.1, 0.15) is 43.9 Å². The summed E-state index contributed by atoms with van der Waals surface area (Å²) in [5.41, 5.74) is 2.52. The molecule has 0 aliphatic heterocycles. The van der Waals surface area contributed by atoms with Crippen LogP contribution in [0.4, 0.5) is 8.78 Å². The summed E-state index contributed by atoms with van der Waals surface area (Å²) >= 11 is 0. The van der Waals surface area contributed by atoms with Crippen molar-refractivity contribution < 1.29 is 28.2 Å². The van der Waals surface area contributed by atoms with Crippen LogP contribution in [0, 0.1) is 17.6 Å². The molecular weight excluding hydrogens is 440 g/mol. The molecule has 1 aliphatic rings. The molecule has 7 heteroatoms. The average molecular weight is 474 g/mol. The number of rotatable bonds is 11. The van der Waals surface area contributed by atoms with Gasteiger partial charge in [-0.05, 0) is 75.3 Å². The van der Waals surface area contributed by atoms with E-state index in [1.807, 2.05) is 0 Å². The number of aliphatic hydroxyl groups excluding tert-OH is 1. The molecule has 2 aromatic carbocycles. The van der Waals surface area contributed by atoms with Gasteiger partial charge in [-0.3, -0.25) is 0 Å². The number of fused-ring (bicyclic) bond motifs is 1. The highest BCUT2D eigenvalue weighted by Gasteiger charge is 2.28. The quantitative estimate of drug-likeness (QED) is 0.373. The van der Waals surface area contributed by atoms with Gasteiger partial charge in [0.2, 0.25) is 5.82 Å². The zero-order valence-electron chi connectivity index (χ0n) is 19.9. The number of nitrogens with one attached hydrogen (secondary N) is 1. The van der Waals surface area contributed by atoms with Gasteiger partial charge in [-0.1, -0.05) is 24.3 Å². The molecule has 0 fully saturated rings. The van der Waals surface area contributed by atoms with Gasteiger partial charge >= 0.3 is 5.97 Å².